The van der Waals surface area contributed by atoms with Gasteiger partial charge in [0.15, 0.2) is 0 Å². The number of amides is 3. The highest BCUT2D eigenvalue weighted by Crippen LogP contribution is 2.55. The highest BCUT2D eigenvalue weighted by Gasteiger charge is 2.72. The van der Waals surface area contributed by atoms with Crippen LogP contribution in [0.25, 0.3) is 0 Å². The van der Waals surface area contributed by atoms with Crippen LogP contribution in [0.4, 0.5) is 5.69 Å². The van der Waals surface area contributed by atoms with Crippen molar-refractivity contribution in [3.63, 3.8) is 0 Å². The molecule has 3 amide bonds. The van der Waals surface area contributed by atoms with Gasteiger partial charge in [-0.05, 0) is 37.3 Å². The molecule has 35 heavy (non-hydrogen) atoms. The van der Waals surface area contributed by atoms with Gasteiger partial charge < -0.3 is 25.0 Å². The number of ether oxygens (including phenoxy) is 2. The number of hydrogen-bond acceptors (Lipinski definition) is 5. The lowest BCUT2D eigenvalue weighted by molar-refractivity contribution is -0.141. The van der Waals surface area contributed by atoms with E-state index in [4.69, 9.17) is 9.47 Å². The second kappa shape index (κ2) is 9.30. The lowest BCUT2D eigenvalue weighted by atomic mass is 9.74. The predicted octanol–water partition coefficient (Wildman–Crippen LogP) is 2.89. The molecule has 8 nitrogen and oxygen atoms in total. The molecule has 3 fully saturated rings. The molecule has 0 unspecified atom stereocenters. The van der Waals surface area contributed by atoms with Gasteiger partial charge in [0.1, 0.15) is 17.4 Å². The molecule has 188 valence electrons. The fourth-order valence-electron chi connectivity index (χ4n) is 6.47. The molecule has 1 aromatic carbocycles. The van der Waals surface area contributed by atoms with Crippen LogP contribution in [0, 0.1) is 17.8 Å². The van der Waals surface area contributed by atoms with Gasteiger partial charge in [0.05, 0.1) is 25.0 Å². The maximum Gasteiger partial charge on any atom is 0.246 e. The van der Waals surface area contributed by atoms with Crippen molar-refractivity contribution in [3.8, 4) is 5.75 Å². The molecule has 4 aliphatic rings. The number of benzene rings is 1. The maximum atomic E-state index is 13.7. The van der Waals surface area contributed by atoms with Gasteiger partial charge in [0, 0.05) is 24.3 Å². The Morgan fingerprint density at radius 2 is 2.03 bits per heavy atom. The van der Waals surface area contributed by atoms with Crippen LogP contribution in [-0.4, -0.2) is 60.1 Å². The summed E-state index contributed by atoms with van der Waals surface area (Å²) in [6, 6.07) is 6.43. The minimum Gasteiger partial charge on any atom is -0.497 e. The molecule has 1 aromatic rings. The molecule has 0 aromatic heterocycles. The number of methoxy groups -OCH3 is 1. The molecular weight excluding hydrogens is 446 g/mol. The molecule has 5 rings (SSSR count). The van der Waals surface area contributed by atoms with Crippen molar-refractivity contribution in [3.05, 3.63) is 36.4 Å². The van der Waals surface area contributed by atoms with Gasteiger partial charge in [-0.2, -0.15) is 0 Å². The second-order valence-electron chi connectivity index (χ2n) is 10.3. The fourth-order valence-corrected chi connectivity index (χ4v) is 6.47. The second-order valence-corrected chi connectivity index (χ2v) is 10.3. The Morgan fingerprint density at radius 1 is 1.23 bits per heavy atom. The average Bonchev–Trinajstić information content (AvgIpc) is 3.48. The zero-order valence-electron chi connectivity index (χ0n) is 20.7. The Hall–Kier alpha value is -2.87. The monoisotopic (exact) mass is 481 g/mol. The van der Waals surface area contributed by atoms with Gasteiger partial charge >= 0.3 is 0 Å². The van der Waals surface area contributed by atoms with Crippen molar-refractivity contribution in [2.75, 3.05) is 19.0 Å². The molecule has 1 aliphatic carbocycles. The van der Waals surface area contributed by atoms with Gasteiger partial charge in [-0.1, -0.05) is 44.9 Å². The van der Waals surface area contributed by atoms with E-state index in [-0.39, 0.29) is 23.8 Å². The summed E-state index contributed by atoms with van der Waals surface area (Å²) < 4.78 is 11.6. The number of carbonyl (C=O) groups excluding carboxylic acids is 3. The van der Waals surface area contributed by atoms with Crippen LogP contribution in [0.3, 0.4) is 0 Å². The summed E-state index contributed by atoms with van der Waals surface area (Å²) in [5.41, 5.74) is -0.526. The lowest BCUT2D eigenvalue weighted by Crippen LogP contribution is -2.57. The molecule has 3 aliphatic heterocycles. The van der Waals surface area contributed by atoms with Crippen LogP contribution >= 0.6 is 0 Å². The lowest BCUT2D eigenvalue weighted by Gasteiger charge is -2.35. The van der Waals surface area contributed by atoms with E-state index < -0.39 is 29.6 Å². The van der Waals surface area contributed by atoms with E-state index in [9.17, 15) is 14.4 Å². The zero-order chi connectivity index (χ0) is 24.7. The summed E-state index contributed by atoms with van der Waals surface area (Å²) in [7, 11) is 1.57. The van der Waals surface area contributed by atoms with Crippen molar-refractivity contribution in [1.82, 2.24) is 10.2 Å². The Labute approximate surface area is 206 Å². The highest BCUT2D eigenvalue weighted by molar-refractivity contribution is 6.02. The first-order valence-electron chi connectivity index (χ1n) is 12.8. The van der Waals surface area contributed by atoms with Crippen LogP contribution in [-0.2, 0) is 19.1 Å². The largest absolute Gasteiger partial charge is 0.497 e. The van der Waals surface area contributed by atoms with Gasteiger partial charge in [-0.15, -0.1) is 0 Å². The Balaban J connectivity index is 1.42. The fraction of sp³-hybridized carbons (Fsp3) is 0.593. The van der Waals surface area contributed by atoms with Crippen LogP contribution in [0.5, 0.6) is 5.75 Å². The summed E-state index contributed by atoms with van der Waals surface area (Å²) in [6.45, 7) is 4.60. The summed E-state index contributed by atoms with van der Waals surface area (Å²) in [4.78, 5) is 42.5. The van der Waals surface area contributed by atoms with Crippen molar-refractivity contribution in [2.24, 2.45) is 17.8 Å². The van der Waals surface area contributed by atoms with E-state index in [1.807, 2.05) is 19.1 Å². The van der Waals surface area contributed by atoms with E-state index in [1.165, 1.54) is 6.42 Å². The molecule has 0 radical (unpaired) electrons. The number of fused-ring (bicyclic) bond motifs is 1. The third-order valence-electron chi connectivity index (χ3n) is 8.17. The molecule has 1 spiro atoms. The standard InChI is InChI=1S/C27H35N3O5/c1-4-14-30-23(25(32)29-19-11-6-5-8-16(19)2)27-13-12-20(35-27)21(22(27)26(30)33)24(31)28-17-9-7-10-18(15-17)34-3/h7,9-10,12-13,15-16,19-23H,4-6,8,11,14H2,1-3H3,(H,28,31)(H,29,32)/t16-,19-,20+,21+,22+,23-,27-/m0/s1. The predicted molar refractivity (Wildman–Crippen MR) is 131 cm³/mol. The summed E-state index contributed by atoms with van der Waals surface area (Å²) in [5.74, 6) is -1.04. The molecule has 2 saturated heterocycles. The van der Waals surface area contributed by atoms with E-state index in [2.05, 4.69) is 17.6 Å². The molecule has 2 N–H and O–H groups in total. The van der Waals surface area contributed by atoms with Gasteiger partial charge in [0.25, 0.3) is 0 Å². The molecule has 7 atom stereocenters. The third kappa shape index (κ3) is 3.92. The molecule has 3 heterocycles. The van der Waals surface area contributed by atoms with Crippen molar-refractivity contribution >= 4 is 23.4 Å². The quantitative estimate of drug-likeness (QED) is 0.584. The van der Waals surface area contributed by atoms with Gasteiger partial charge in [0.2, 0.25) is 17.7 Å². The first-order chi connectivity index (χ1) is 16.9. The zero-order valence-corrected chi connectivity index (χ0v) is 20.7. The molecule has 1 saturated carbocycles. The van der Waals surface area contributed by atoms with Crippen LogP contribution in [0.15, 0.2) is 36.4 Å². The summed E-state index contributed by atoms with van der Waals surface area (Å²) in [5, 5.41) is 6.18. The minimum absolute atomic E-state index is 0.0972. The minimum atomic E-state index is -1.12. The first-order valence-corrected chi connectivity index (χ1v) is 12.8. The molecule has 8 heteroatoms. The van der Waals surface area contributed by atoms with Crippen molar-refractivity contribution in [1.29, 1.82) is 0 Å². The van der Waals surface area contributed by atoms with Crippen LogP contribution in [0.1, 0.15) is 46.0 Å². The van der Waals surface area contributed by atoms with Crippen LogP contribution in [0.2, 0.25) is 0 Å². The average molecular weight is 482 g/mol. The van der Waals surface area contributed by atoms with E-state index >= 15 is 0 Å². The number of nitrogens with one attached hydrogen (secondary N) is 2. The Kier molecular flexibility index (Phi) is 6.34. The normalized spacial score (nSPS) is 35.2. The van der Waals surface area contributed by atoms with Gasteiger partial charge in [-0.3, -0.25) is 14.4 Å². The molecule has 2 bridgehead atoms. The van der Waals surface area contributed by atoms with E-state index in [0.717, 1.165) is 19.3 Å². The SMILES string of the molecule is CCCN1C(=O)[C@H]2[C@H](C(=O)Nc3cccc(OC)c3)[C@H]3C=C[C@@]2(O3)[C@@H]1C(=O)N[C@H]1CCCC[C@@H]1C. The maximum absolute atomic E-state index is 13.7. The number of nitrogens with zero attached hydrogens (tertiary/aromatic N) is 1. The van der Waals surface area contributed by atoms with Crippen molar-refractivity contribution < 1.29 is 23.9 Å². The van der Waals surface area contributed by atoms with Crippen LogP contribution < -0.4 is 15.4 Å². The Morgan fingerprint density at radius 3 is 2.77 bits per heavy atom. The van der Waals surface area contributed by atoms with E-state index in [0.29, 0.717) is 30.3 Å². The topological polar surface area (TPSA) is 97.0 Å². The first kappa shape index (κ1) is 23.9. The number of hydrogen-bond donors (Lipinski definition) is 2. The number of anilines is 1. The number of carbonyl (C=O) groups is 3. The van der Waals surface area contributed by atoms with Crippen molar-refractivity contribution in [2.45, 2.75) is 69.7 Å². The number of rotatable bonds is 7. The third-order valence-corrected chi connectivity index (χ3v) is 8.17. The van der Waals surface area contributed by atoms with Gasteiger partial charge in [-0.25, -0.2) is 0 Å². The summed E-state index contributed by atoms with van der Waals surface area (Å²) in [6.07, 6.45) is 8.19. The van der Waals surface area contributed by atoms with E-state index in [1.54, 1.807) is 36.3 Å². The Bertz CT molecular complexity index is 1040. The summed E-state index contributed by atoms with van der Waals surface area (Å²) >= 11 is 0. The highest BCUT2D eigenvalue weighted by atomic mass is 16.5. The number of likely N-dealkylation sites (tertiary alicyclic amines) is 1. The smallest absolute Gasteiger partial charge is 0.246 e. The molecular formula is C27H35N3O5.